The van der Waals surface area contributed by atoms with Crippen LogP contribution in [0.25, 0.3) is 10.6 Å². The number of benzene rings is 1. The minimum atomic E-state index is -0.844. The van der Waals surface area contributed by atoms with Crippen LogP contribution < -0.4 is 5.73 Å². The van der Waals surface area contributed by atoms with Crippen molar-refractivity contribution in [3.63, 3.8) is 0 Å². The van der Waals surface area contributed by atoms with E-state index in [0.29, 0.717) is 12.1 Å². The van der Waals surface area contributed by atoms with E-state index in [9.17, 15) is 8.78 Å². The average Bonchev–Trinajstić information content (AvgIpc) is 2.72. The van der Waals surface area contributed by atoms with Gasteiger partial charge in [-0.1, -0.05) is 0 Å². The smallest absolute Gasteiger partial charge is 0.159 e. The molecular weight excluding hydrogens is 254 g/mol. The first-order valence-electron chi connectivity index (χ1n) is 5.73. The summed E-state index contributed by atoms with van der Waals surface area (Å²) in [6.07, 6.45) is 1.78. The molecule has 5 heteroatoms. The molecule has 0 atom stereocenters. The predicted octanol–water partition coefficient (Wildman–Crippen LogP) is 3.29. The molecule has 18 heavy (non-hydrogen) atoms. The second-order valence-electron chi connectivity index (χ2n) is 4.05. The van der Waals surface area contributed by atoms with E-state index in [1.54, 1.807) is 6.07 Å². The molecule has 0 radical (unpaired) electrons. The summed E-state index contributed by atoms with van der Waals surface area (Å²) in [6.45, 7) is 2.56. The number of nitrogens with two attached hydrogens (primary N) is 1. The predicted molar refractivity (Wildman–Crippen MR) is 69.6 cm³/mol. The van der Waals surface area contributed by atoms with Gasteiger partial charge in [0.05, 0.1) is 5.69 Å². The summed E-state index contributed by atoms with van der Waals surface area (Å²) in [5.74, 6) is -1.68. The van der Waals surface area contributed by atoms with Gasteiger partial charge in [-0.3, -0.25) is 0 Å². The number of rotatable bonds is 4. The molecule has 0 spiro atoms. The maximum Gasteiger partial charge on any atom is 0.159 e. The first-order chi connectivity index (χ1) is 8.61. The zero-order valence-corrected chi connectivity index (χ0v) is 10.9. The highest BCUT2D eigenvalue weighted by molar-refractivity contribution is 7.15. The van der Waals surface area contributed by atoms with Gasteiger partial charge in [-0.05, 0) is 44.5 Å². The van der Waals surface area contributed by atoms with E-state index >= 15 is 0 Å². The fourth-order valence-electron chi connectivity index (χ4n) is 1.68. The molecule has 2 rings (SSSR count). The Balaban J connectivity index is 2.30. The van der Waals surface area contributed by atoms with Crippen molar-refractivity contribution in [2.24, 2.45) is 5.73 Å². The summed E-state index contributed by atoms with van der Waals surface area (Å²) >= 11 is 1.51. The van der Waals surface area contributed by atoms with Crippen molar-refractivity contribution in [3.8, 4) is 10.6 Å². The lowest BCUT2D eigenvalue weighted by Gasteiger charge is -1.97. The summed E-state index contributed by atoms with van der Waals surface area (Å²) in [5, 5.41) is 0.721. The molecule has 2 aromatic rings. The third kappa shape index (κ3) is 2.73. The summed E-state index contributed by atoms with van der Waals surface area (Å²) in [7, 11) is 0. The fraction of sp³-hybridized carbons (Fsp3) is 0.308. The van der Waals surface area contributed by atoms with Crippen LogP contribution in [0.4, 0.5) is 8.78 Å². The Morgan fingerprint density at radius 1 is 1.28 bits per heavy atom. The van der Waals surface area contributed by atoms with Gasteiger partial charge in [-0.2, -0.15) is 0 Å². The quantitative estimate of drug-likeness (QED) is 0.924. The molecule has 0 aliphatic rings. The minimum absolute atomic E-state index is 0.612. The molecule has 96 valence electrons. The van der Waals surface area contributed by atoms with Gasteiger partial charge in [0, 0.05) is 10.4 Å². The highest BCUT2D eigenvalue weighted by Gasteiger charge is 2.11. The normalized spacial score (nSPS) is 10.9. The van der Waals surface area contributed by atoms with Gasteiger partial charge < -0.3 is 5.73 Å². The standard InChI is InChI=1S/C13H14F2N2S/c1-8-12(3-2-6-16)18-13(17-8)9-4-5-10(14)11(15)7-9/h4-5,7H,2-3,6,16H2,1H3. The number of nitrogens with zero attached hydrogens (tertiary/aromatic N) is 1. The maximum absolute atomic E-state index is 13.2. The van der Waals surface area contributed by atoms with Crippen molar-refractivity contribution in [2.45, 2.75) is 19.8 Å². The lowest BCUT2D eigenvalue weighted by molar-refractivity contribution is 0.509. The molecule has 0 saturated heterocycles. The van der Waals surface area contributed by atoms with Crippen LogP contribution in [0.15, 0.2) is 18.2 Å². The molecule has 0 saturated carbocycles. The largest absolute Gasteiger partial charge is 0.330 e. The van der Waals surface area contributed by atoms with Gasteiger partial charge in [-0.25, -0.2) is 13.8 Å². The second kappa shape index (κ2) is 5.54. The van der Waals surface area contributed by atoms with E-state index < -0.39 is 11.6 Å². The number of aromatic nitrogens is 1. The van der Waals surface area contributed by atoms with Crippen LogP contribution in [0.3, 0.4) is 0 Å². The van der Waals surface area contributed by atoms with E-state index in [1.807, 2.05) is 6.92 Å². The third-order valence-electron chi connectivity index (χ3n) is 2.67. The molecule has 2 nitrogen and oxygen atoms in total. The van der Waals surface area contributed by atoms with Crippen molar-refractivity contribution in [1.29, 1.82) is 0 Å². The molecule has 0 amide bonds. The molecule has 0 fully saturated rings. The van der Waals surface area contributed by atoms with Gasteiger partial charge in [0.2, 0.25) is 0 Å². The average molecular weight is 268 g/mol. The Morgan fingerprint density at radius 2 is 2.06 bits per heavy atom. The van der Waals surface area contributed by atoms with Crippen molar-refractivity contribution in [2.75, 3.05) is 6.54 Å². The van der Waals surface area contributed by atoms with Gasteiger partial charge in [0.15, 0.2) is 11.6 Å². The summed E-state index contributed by atoms with van der Waals surface area (Å²) < 4.78 is 26.0. The molecule has 0 bridgehead atoms. The van der Waals surface area contributed by atoms with Crippen LogP contribution in [-0.4, -0.2) is 11.5 Å². The van der Waals surface area contributed by atoms with Crippen LogP contribution in [-0.2, 0) is 6.42 Å². The zero-order chi connectivity index (χ0) is 13.1. The van der Waals surface area contributed by atoms with Gasteiger partial charge >= 0.3 is 0 Å². The van der Waals surface area contributed by atoms with Crippen LogP contribution in [0, 0.1) is 18.6 Å². The van der Waals surface area contributed by atoms with Crippen molar-refractivity contribution < 1.29 is 8.78 Å². The zero-order valence-electron chi connectivity index (χ0n) is 10.0. The van der Waals surface area contributed by atoms with E-state index in [2.05, 4.69) is 4.98 Å². The topological polar surface area (TPSA) is 38.9 Å². The SMILES string of the molecule is Cc1nc(-c2ccc(F)c(F)c2)sc1CCCN. The van der Waals surface area contributed by atoms with E-state index in [4.69, 9.17) is 5.73 Å². The maximum atomic E-state index is 13.2. The van der Waals surface area contributed by atoms with E-state index in [1.165, 1.54) is 17.4 Å². The number of thiazole rings is 1. The molecule has 0 unspecified atom stereocenters. The van der Waals surface area contributed by atoms with Crippen molar-refractivity contribution in [1.82, 2.24) is 4.98 Å². The molecular formula is C13H14F2N2S. The van der Waals surface area contributed by atoms with Gasteiger partial charge in [0.1, 0.15) is 5.01 Å². The minimum Gasteiger partial charge on any atom is -0.330 e. The van der Waals surface area contributed by atoms with Crippen LogP contribution >= 0.6 is 11.3 Å². The number of halogens is 2. The van der Waals surface area contributed by atoms with Crippen molar-refractivity contribution in [3.05, 3.63) is 40.4 Å². The lowest BCUT2D eigenvalue weighted by Crippen LogP contribution is -1.99. The van der Waals surface area contributed by atoms with E-state index in [0.717, 1.165) is 34.5 Å². The highest BCUT2D eigenvalue weighted by Crippen LogP contribution is 2.29. The van der Waals surface area contributed by atoms with Gasteiger partial charge in [0.25, 0.3) is 0 Å². The highest BCUT2D eigenvalue weighted by atomic mass is 32.1. The monoisotopic (exact) mass is 268 g/mol. The number of hydrogen-bond acceptors (Lipinski definition) is 3. The Morgan fingerprint density at radius 3 is 2.72 bits per heavy atom. The van der Waals surface area contributed by atoms with Gasteiger partial charge in [-0.15, -0.1) is 11.3 Å². The Kier molecular flexibility index (Phi) is 4.04. The van der Waals surface area contributed by atoms with Crippen LogP contribution in [0.1, 0.15) is 17.0 Å². The van der Waals surface area contributed by atoms with Crippen LogP contribution in [0.5, 0.6) is 0 Å². The molecule has 0 aliphatic carbocycles. The molecule has 1 aromatic heterocycles. The summed E-state index contributed by atoms with van der Waals surface area (Å²) in [4.78, 5) is 5.55. The number of hydrogen-bond donors (Lipinski definition) is 1. The first-order valence-corrected chi connectivity index (χ1v) is 6.55. The molecule has 1 aromatic carbocycles. The summed E-state index contributed by atoms with van der Waals surface area (Å²) in [5.41, 5.74) is 7.02. The number of aryl methyl sites for hydroxylation is 2. The molecule has 0 aliphatic heterocycles. The summed E-state index contributed by atoms with van der Waals surface area (Å²) in [6, 6.07) is 3.85. The second-order valence-corrected chi connectivity index (χ2v) is 5.13. The fourth-order valence-corrected chi connectivity index (χ4v) is 2.78. The molecule has 1 heterocycles. The Labute approximate surface area is 108 Å². The molecule has 2 N–H and O–H groups in total. The first kappa shape index (κ1) is 13.1. The third-order valence-corrected chi connectivity index (χ3v) is 3.93. The van der Waals surface area contributed by atoms with Crippen LogP contribution in [0.2, 0.25) is 0 Å². The Bertz CT molecular complexity index is 552. The van der Waals surface area contributed by atoms with Crippen molar-refractivity contribution >= 4 is 11.3 Å². The Hall–Kier alpha value is -1.33. The lowest BCUT2D eigenvalue weighted by atomic mass is 10.2. The van der Waals surface area contributed by atoms with E-state index in [-0.39, 0.29) is 0 Å².